The van der Waals surface area contributed by atoms with Crippen LogP contribution in [0.1, 0.15) is 12.8 Å². The maximum atomic E-state index is 12.2. The van der Waals surface area contributed by atoms with E-state index in [1.807, 2.05) is 5.32 Å². The van der Waals surface area contributed by atoms with Gasteiger partial charge in [-0.3, -0.25) is 4.79 Å². The average Bonchev–Trinajstić information content (AvgIpc) is 2.67. The Hall–Kier alpha value is -0.650. The minimum atomic E-state index is -4.35. The van der Waals surface area contributed by atoms with Gasteiger partial charge >= 0.3 is 6.18 Å². The maximum Gasteiger partial charge on any atom is 0.411 e. The van der Waals surface area contributed by atoms with E-state index in [-0.39, 0.29) is 12.8 Å². The summed E-state index contributed by atoms with van der Waals surface area (Å²) in [5, 5.41) is 3.01. The van der Waals surface area contributed by atoms with Crippen LogP contribution in [0.2, 0.25) is 0 Å². The highest BCUT2D eigenvalue weighted by Gasteiger charge is 2.64. The number of hydrogen-bond donors (Lipinski definition) is 2. The molecule has 0 radical (unpaired) electrons. The molecular weight excluding hydrogens is 203 g/mol. The highest BCUT2D eigenvalue weighted by Crippen LogP contribution is 2.48. The maximum absolute atomic E-state index is 12.2. The van der Waals surface area contributed by atoms with Crippen LogP contribution < -0.4 is 5.32 Å². The molecule has 0 unspecified atom stereocenters. The third-order valence-electron chi connectivity index (χ3n) is 1.88. The number of carbonyl (C=O) groups excluding carboxylic acids is 1. The number of alkyl halides is 3. The molecule has 0 bridgehead atoms. The lowest BCUT2D eigenvalue weighted by Crippen LogP contribution is -2.47. The molecule has 0 aliphatic heterocycles. The molecule has 6 heteroatoms. The molecule has 0 saturated heterocycles. The molecule has 0 atom stereocenters. The van der Waals surface area contributed by atoms with Crippen LogP contribution in [0.15, 0.2) is 11.5 Å². The molecule has 2 nitrogen and oxygen atoms in total. The first-order valence-electron chi connectivity index (χ1n) is 3.61. The van der Waals surface area contributed by atoms with E-state index in [2.05, 4.69) is 12.6 Å². The lowest BCUT2D eigenvalue weighted by molar-refractivity contribution is -0.169. The molecule has 1 N–H and O–H groups in total. The van der Waals surface area contributed by atoms with Crippen molar-refractivity contribution in [2.45, 2.75) is 24.6 Å². The molecule has 1 amide bonds. The van der Waals surface area contributed by atoms with Gasteiger partial charge in [-0.25, -0.2) is 0 Å². The standard InChI is InChI=1S/C7H8F3NOS/c8-7(9,10)6(2-3-6)11-5(12)1-4-13/h1,4,13H,2-3H2,(H,11,12)/b4-1+. The molecule has 0 aromatic rings. The lowest BCUT2D eigenvalue weighted by atomic mass is 10.2. The Kier molecular flexibility index (Phi) is 2.61. The van der Waals surface area contributed by atoms with Gasteiger partial charge < -0.3 is 5.32 Å². The first-order chi connectivity index (χ1) is 5.91. The van der Waals surface area contributed by atoms with E-state index in [4.69, 9.17) is 0 Å². The summed E-state index contributed by atoms with van der Waals surface area (Å²) in [6.07, 6.45) is -3.48. The highest BCUT2D eigenvalue weighted by molar-refractivity contribution is 7.83. The van der Waals surface area contributed by atoms with Gasteiger partial charge in [0.2, 0.25) is 5.91 Å². The van der Waals surface area contributed by atoms with E-state index < -0.39 is 17.6 Å². The predicted octanol–water partition coefficient (Wildman–Crippen LogP) is 1.64. The van der Waals surface area contributed by atoms with Crippen LogP contribution in [0.3, 0.4) is 0 Å². The summed E-state index contributed by atoms with van der Waals surface area (Å²) in [7, 11) is 0. The van der Waals surface area contributed by atoms with Gasteiger partial charge in [-0.15, -0.1) is 0 Å². The van der Waals surface area contributed by atoms with Crippen molar-refractivity contribution >= 4 is 18.5 Å². The molecule has 1 rings (SSSR count). The average molecular weight is 211 g/mol. The van der Waals surface area contributed by atoms with Gasteiger partial charge in [0.05, 0.1) is 0 Å². The van der Waals surface area contributed by atoms with Crippen molar-refractivity contribution in [2.75, 3.05) is 0 Å². The number of amides is 1. The molecule has 13 heavy (non-hydrogen) atoms. The Balaban J connectivity index is 2.59. The number of hydrogen-bond acceptors (Lipinski definition) is 2. The second-order valence-electron chi connectivity index (χ2n) is 2.88. The quantitative estimate of drug-likeness (QED) is 0.527. The fourth-order valence-corrected chi connectivity index (χ4v) is 1.08. The van der Waals surface area contributed by atoms with Crippen molar-refractivity contribution in [1.29, 1.82) is 0 Å². The molecule has 1 aliphatic rings. The Morgan fingerprint density at radius 2 is 2.00 bits per heavy atom. The van der Waals surface area contributed by atoms with E-state index in [1.165, 1.54) is 0 Å². The van der Waals surface area contributed by atoms with E-state index in [1.54, 1.807) is 0 Å². The molecule has 1 saturated carbocycles. The Morgan fingerprint density at radius 1 is 1.46 bits per heavy atom. The van der Waals surface area contributed by atoms with Crippen LogP contribution in [0.5, 0.6) is 0 Å². The third-order valence-corrected chi connectivity index (χ3v) is 2.03. The van der Waals surface area contributed by atoms with Crippen molar-refractivity contribution in [2.24, 2.45) is 0 Å². The van der Waals surface area contributed by atoms with Gasteiger partial charge in [0.25, 0.3) is 0 Å². The second kappa shape index (κ2) is 3.25. The molecule has 0 heterocycles. The van der Waals surface area contributed by atoms with Crippen molar-refractivity contribution in [3.05, 3.63) is 11.5 Å². The topological polar surface area (TPSA) is 29.1 Å². The number of rotatable bonds is 2. The zero-order valence-corrected chi connectivity index (χ0v) is 7.45. The zero-order chi connectivity index (χ0) is 10.1. The van der Waals surface area contributed by atoms with Crippen LogP contribution >= 0.6 is 12.6 Å². The van der Waals surface area contributed by atoms with Crippen LogP contribution in [-0.2, 0) is 4.79 Å². The second-order valence-corrected chi connectivity index (χ2v) is 3.18. The molecule has 1 aliphatic carbocycles. The van der Waals surface area contributed by atoms with Gasteiger partial charge in [0, 0.05) is 6.08 Å². The molecule has 0 aromatic heterocycles. The molecule has 1 fully saturated rings. The Morgan fingerprint density at radius 3 is 2.31 bits per heavy atom. The minimum Gasteiger partial charge on any atom is -0.338 e. The van der Waals surface area contributed by atoms with E-state index in [9.17, 15) is 18.0 Å². The first-order valence-corrected chi connectivity index (χ1v) is 4.12. The summed E-state index contributed by atoms with van der Waals surface area (Å²) in [6.45, 7) is 0. The smallest absolute Gasteiger partial charge is 0.338 e. The Labute approximate surface area is 78.6 Å². The number of thiol groups is 1. The van der Waals surface area contributed by atoms with Crippen molar-refractivity contribution < 1.29 is 18.0 Å². The van der Waals surface area contributed by atoms with Crippen LogP contribution in [0.4, 0.5) is 13.2 Å². The molecule has 74 valence electrons. The molecule has 0 spiro atoms. The monoisotopic (exact) mass is 211 g/mol. The Bertz CT molecular complexity index is 245. The number of nitrogens with one attached hydrogen (secondary N) is 1. The van der Waals surface area contributed by atoms with E-state index in [0.29, 0.717) is 0 Å². The summed E-state index contributed by atoms with van der Waals surface area (Å²) >= 11 is 3.58. The van der Waals surface area contributed by atoms with Crippen LogP contribution in [-0.4, -0.2) is 17.6 Å². The fraction of sp³-hybridized carbons (Fsp3) is 0.571. The zero-order valence-electron chi connectivity index (χ0n) is 6.56. The van der Waals surface area contributed by atoms with Gasteiger partial charge in [-0.2, -0.15) is 25.8 Å². The highest BCUT2D eigenvalue weighted by atomic mass is 32.1. The van der Waals surface area contributed by atoms with Crippen molar-refractivity contribution in [1.82, 2.24) is 5.32 Å². The largest absolute Gasteiger partial charge is 0.411 e. The minimum absolute atomic E-state index is 0.0390. The summed E-state index contributed by atoms with van der Waals surface area (Å²) < 4.78 is 36.7. The van der Waals surface area contributed by atoms with Gasteiger partial charge in [-0.05, 0) is 18.2 Å². The summed E-state index contributed by atoms with van der Waals surface area (Å²) in [6, 6.07) is 0. The van der Waals surface area contributed by atoms with Gasteiger partial charge in [0.15, 0.2) is 0 Å². The molecule has 0 aromatic carbocycles. The van der Waals surface area contributed by atoms with E-state index >= 15 is 0 Å². The van der Waals surface area contributed by atoms with Crippen molar-refractivity contribution in [3.63, 3.8) is 0 Å². The summed E-state index contributed by atoms with van der Waals surface area (Å²) in [5.41, 5.74) is -1.97. The summed E-state index contributed by atoms with van der Waals surface area (Å²) in [5.74, 6) is -0.759. The number of halogens is 3. The van der Waals surface area contributed by atoms with Crippen LogP contribution in [0, 0.1) is 0 Å². The van der Waals surface area contributed by atoms with Gasteiger partial charge in [-0.1, -0.05) is 0 Å². The van der Waals surface area contributed by atoms with Crippen molar-refractivity contribution in [3.8, 4) is 0 Å². The fourth-order valence-electron chi connectivity index (χ4n) is 0.950. The lowest BCUT2D eigenvalue weighted by Gasteiger charge is -2.19. The number of carbonyl (C=O) groups is 1. The SMILES string of the molecule is O=C(/C=C/S)NC1(C(F)(F)F)CC1. The van der Waals surface area contributed by atoms with Crippen LogP contribution in [0.25, 0.3) is 0 Å². The normalized spacial score (nSPS) is 20.3. The first kappa shape index (κ1) is 10.4. The van der Waals surface area contributed by atoms with E-state index in [0.717, 1.165) is 11.5 Å². The predicted molar refractivity (Wildman–Crippen MR) is 44.3 cm³/mol. The molecular formula is C7H8F3NOS. The third kappa shape index (κ3) is 2.18. The van der Waals surface area contributed by atoms with Gasteiger partial charge in [0.1, 0.15) is 5.54 Å². The summed E-state index contributed by atoms with van der Waals surface area (Å²) in [4.78, 5) is 10.8.